The Balaban J connectivity index is 1.81. The molecule has 1 atom stereocenters. The summed E-state index contributed by atoms with van der Waals surface area (Å²) in [5, 5.41) is 12.8. The van der Waals surface area contributed by atoms with Crippen LogP contribution in [0.4, 0.5) is 0 Å². The van der Waals surface area contributed by atoms with Gasteiger partial charge in [0, 0.05) is 32.2 Å². The van der Waals surface area contributed by atoms with Crippen LogP contribution in [-0.4, -0.2) is 36.2 Å². The van der Waals surface area contributed by atoms with E-state index in [1.165, 1.54) is 18.4 Å². The van der Waals surface area contributed by atoms with Gasteiger partial charge in [0.2, 0.25) is 0 Å². The van der Waals surface area contributed by atoms with Crippen LogP contribution in [0.1, 0.15) is 24.4 Å². The largest absolute Gasteiger partial charge is 0.508 e. The lowest BCUT2D eigenvalue weighted by Crippen LogP contribution is -2.45. The molecule has 0 bridgehead atoms. The van der Waals surface area contributed by atoms with Gasteiger partial charge in [0.15, 0.2) is 0 Å². The molecule has 0 radical (unpaired) electrons. The van der Waals surface area contributed by atoms with Crippen LogP contribution in [0, 0.1) is 5.92 Å². The van der Waals surface area contributed by atoms with Gasteiger partial charge in [-0.05, 0) is 36.5 Å². The summed E-state index contributed by atoms with van der Waals surface area (Å²) in [4.78, 5) is 2.60. The van der Waals surface area contributed by atoms with Crippen LogP contribution in [0.15, 0.2) is 24.3 Å². The molecular weight excluding hydrogens is 212 g/mol. The molecule has 1 saturated carbocycles. The molecule has 1 aliphatic heterocycles. The lowest BCUT2D eigenvalue weighted by molar-refractivity contribution is 0.156. The first-order valence-electron chi connectivity index (χ1n) is 6.58. The fourth-order valence-corrected chi connectivity index (χ4v) is 2.82. The van der Waals surface area contributed by atoms with E-state index in [9.17, 15) is 5.11 Å². The van der Waals surface area contributed by atoms with Gasteiger partial charge in [-0.2, -0.15) is 0 Å². The second-order valence-electron chi connectivity index (χ2n) is 5.16. The fourth-order valence-electron chi connectivity index (χ4n) is 2.82. The number of piperazine rings is 1. The molecule has 1 aliphatic carbocycles. The van der Waals surface area contributed by atoms with Crippen LogP contribution in [0.3, 0.4) is 0 Å². The van der Waals surface area contributed by atoms with Crippen molar-refractivity contribution in [3.05, 3.63) is 29.8 Å². The van der Waals surface area contributed by atoms with E-state index in [-0.39, 0.29) is 0 Å². The van der Waals surface area contributed by atoms with Crippen LogP contribution in [0.25, 0.3) is 0 Å². The van der Waals surface area contributed by atoms with Gasteiger partial charge in [-0.25, -0.2) is 0 Å². The van der Waals surface area contributed by atoms with E-state index < -0.39 is 0 Å². The summed E-state index contributed by atoms with van der Waals surface area (Å²) in [6, 6.07) is 8.36. The van der Waals surface area contributed by atoms with Crippen LogP contribution >= 0.6 is 0 Å². The first kappa shape index (κ1) is 11.1. The second kappa shape index (κ2) is 4.67. The zero-order chi connectivity index (χ0) is 11.7. The Morgan fingerprint density at radius 1 is 1.12 bits per heavy atom. The number of nitrogens with one attached hydrogen (secondary N) is 1. The van der Waals surface area contributed by atoms with Gasteiger partial charge in [-0.15, -0.1) is 0 Å². The number of aromatic hydroxyl groups is 1. The third-order valence-corrected chi connectivity index (χ3v) is 3.85. The number of phenols is 1. The van der Waals surface area contributed by atoms with Gasteiger partial charge >= 0.3 is 0 Å². The summed E-state index contributed by atoms with van der Waals surface area (Å²) in [5.74, 6) is 1.20. The van der Waals surface area contributed by atoms with Crippen LogP contribution in [0.2, 0.25) is 0 Å². The summed E-state index contributed by atoms with van der Waals surface area (Å²) in [7, 11) is 0. The molecule has 1 heterocycles. The number of nitrogens with zero attached hydrogens (tertiary/aromatic N) is 1. The second-order valence-corrected chi connectivity index (χ2v) is 5.16. The highest BCUT2D eigenvalue weighted by atomic mass is 16.3. The predicted molar refractivity (Wildman–Crippen MR) is 68.0 cm³/mol. The Labute approximate surface area is 102 Å². The molecule has 2 fully saturated rings. The zero-order valence-electron chi connectivity index (χ0n) is 10.1. The van der Waals surface area contributed by atoms with Gasteiger partial charge in [-0.3, -0.25) is 4.90 Å². The van der Waals surface area contributed by atoms with Crippen molar-refractivity contribution in [2.45, 2.75) is 18.9 Å². The van der Waals surface area contributed by atoms with E-state index in [4.69, 9.17) is 0 Å². The maximum Gasteiger partial charge on any atom is 0.115 e. The van der Waals surface area contributed by atoms with Crippen LogP contribution < -0.4 is 5.32 Å². The minimum absolute atomic E-state index is 0.364. The monoisotopic (exact) mass is 232 g/mol. The van der Waals surface area contributed by atoms with E-state index in [2.05, 4.69) is 22.3 Å². The van der Waals surface area contributed by atoms with E-state index >= 15 is 0 Å². The summed E-state index contributed by atoms with van der Waals surface area (Å²) >= 11 is 0. The van der Waals surface area contributed by atoms with Gasteiger partial charge in [-0.1, -0.05) is 12.1 Å². The van der Waals surface area contributed by atoms with Crippen molar-refractivity contribution < 1.29 is 5.11 Å². The molecule has 2 aliphatic rings. The Hall–Kier alpha value is -1.06. The molecule has 1 saturated heterocycles. The number of hydrogen-bond donors (Lipinski definition) is 2. The molecule has 2 N–H and O–H groups in total. The molecule has 3 heteroatoms. The third kappa shape index (κ3) is 2.45. The van der Waals surface area contributed by atoms with Crippen LogP contribution in [0.5, 0.6) is 5.75 Å². The van der Waals surface area contributed by atoms with Crippen molar-refractivity contribution in [2.75, 3.05) is 26.2 Å². The lowest BCUT2D eigenvalue weighted by atomic mass is 10.00. The highest BCUT2D eigenvalue weighted by Gasteiger charge is 2.36. The molecule has 0 aromatic heterocycles. The van der Waals surface area contributed by atoms with Gasteiger partial charge in [0.1, 0.15) is 5.75 Å². The Morgan fingerprint density at radius 3 is 2.35 bits per heavy atom. The SMILES string of the molecule is Oc1ccc(C(C2CC2)N2CCNCC2)cc1. The first-order chi connectivity index (χ1) is 8.34. The molecule has 0 spiro atoms. The molecule has 1 aromatic rings. The van der Waals surface area contributed by atoms with E-state index in [0.717, 1.165) is 32.1 Å². The molecule has 17 heavy (non-hydrogen) atoms. The summed E-state index contributed by atoms with van der Waals surface area (Å²) in [6.07, 6.45) is 2.71. The van der Waals surface area contributed by atoms with Crippen molar-refractivity contribution >= 4 is 0 Å². The molecule has 1 aromatic carbocycles. The molecule has 1 unspecified atom stereocenters. The molecule has 3 rings (SSSR count). The predicted octanol–water partition coefficient (Wildman–Crippen LogP) is 1.75. The Morgan fingerprint density at radius 2 is 1.76 bits per heavy atom. The third-order valence-electron chi connectivity index (χ3n) is 3.85. The normalized spacial score (nSPS) is 23.5. The molecule has 3 nitrogen and oxygen atoms in total. The molecular formula is C14H20N2O. The highest BCUT2D eigenvalue weighted by molar-refractivity contribution is 5.29. The van der Waals surface area contributed by atoms with Crippen molar-refractivity contribution in [1.29, 1.82) is 0 Å². The number of hydrogen-bond acceptors (Lipinski definition) is 3. The molecule has 0 amide bonds. The maximum absolute atomic E-state index is 9.38. The quantitative estimate of drug-likeness (QED) is 0.833. The molecule has 92 valence electrons. The fraction of sp³-hybridized carbons (Fsp3) is 0.571. The number of benzene rings is 1. The van der Waals surface area contributed by atoms with Crippen molar-refractivity contribution in [3.8, 4) is 5.75 Å². The van der Waals surface area contributed by atoms with Gasteiger partial charge in [0.05, 0.1) is 0 Å². The van der Waals surface area contributed by atoms with Gasteiger partial charge < -0.3 is 10.4 Å². The van der Waals surface area contributed by atoms with Crippen molar-refractivity contribution in [2.24, 2.45) is 5.92 Å². The maximum atomic E-state index is 9.38. The number of phenolic OH excluding ortho intramolecular Hbond substituents is 1. The van der Waals surface area contributed by atoms with Crippen LogP contribution in [-0.2, 0) is 0 Å². The minimum Gasteiger partial charge on any atom is -0.508 e. The summed E-state index contributed by atoms with van der Waals surface area (Å²) in [5.41, 5.74) is 1.37. The van der Waals surface area contributed by atoms with Gasteiger partial charge in [0.25, 0.3) is 0 Å². The Bertz CT molecular complexity index is 366. The standard InChI is InChI=1S/C14H20N2O/c17-13-5-3-12(4-6-13)14(11-1-2-11)16-9-7-15-8-10-16/h3-6,11,14-15,17H,1-2,7-10H2. The van der Waals surface area contributed by atoms with E-state index in [0.29, 0.717) is 11.8 Å². The average Bonchev–Trinajstić information content (AvgIpc) is 3.18. The van der Waals surface area contributed by atoms with E-state index in [1.54, 1.807) is 0 Å². The highest BCUT2D eigenvalue weighted by Crippen LogP contribution is 2.44. The smallest absolute Gasteiger partial charge is 0.115 e. The summed E-state index contributed by atoms with van der Waals surface area (Å²) in [6.45, 7) is 4.48. The topological polar surface area (TPSA) is 35.5 Å². The Kier molecular flexibility index (Phi) is 3.04. The average molecular weight is 232 g/mol. The van der Waals surface area contributed by atoms with Crippen molar-refractivity contribution in [3.63, 3.8) is 0 Å². The van der Waals surface area contributed by atoms with Crippen molar-refractivity contribution in [1.82, 2.24) is 10.2 Å². The zero-order valence-corrected chi connectivity index (χ0v) is 10.1. The minimum atomic E-state index is 0.364. The van der Waals surface area contributed by atoms with E-state index in [1.807, 2.05) is 12.1 Å². The first-order valence-corrected chi connectivity index (χ1v) is 6.58. The number of rotatable bonds is 3. The lowest BCUT2D eigenvalue weighted by Gasteiger charge is -2.35. The summed E-state index contributed by atoms with van der Waals surface area (Å²) < 4.78 is 0.